The Morgan fingerprint density at radius 1 is 1.03 bits per heavy atom. The summed E-state index contributed by atoms with van der Waals surface area (Å²) in [4.78, 5) is 11.9. The van der Waals surface area contributed by atoms with Gasteiger partial charge in [0.05, 0.1) is 16.6 Å². The number of imidazole rings is 1. The van der Waals surface area contributed by atoms with Crippen LogP contribution in [0.3, 0.4) is 0 Å². The van der Waals surface area contributed by atoms with E-state index in [1.807, 2.05) is 54.9 Å². The van der Waals surface area contributed by atoms with Gasteiger partial charge in [-0.15, -0.1) is 0 Å². The molecule has 9 nitrogen and oxygen atoms in total. The number of halogens is 3. The van der Waals surface area contributed by atoms with Gasteiger partial charge in [-0.1, -0.05) is 12.1 Å². The van der Waals surface area contributed by atoms with Gasteiger partial charge in [0, 0.05) is 43.4 Å². The minimum absolute atomic E-state index is 0.162. The van der Waals surface area contributed by atoms with Gasteiger partial charge in [0.25, 0.3) is 0 Å². The van der Waals surface area contributed by atoms with Crippen LogP contribution in [0.2, 0.25) is 0 Å². The molecular formula is C24H21F3N8O. The fourth-order valence-corrected chi connectivity index (χ4v) is 3.53. The number of hydrogen-bond acceptors (Lipinski definition) is 7. The van der Waals surface area contributed by atoms with Crippen molar-refractivity contribution in [3.63, 3.8) is 0 Å². The molecule has 5 rings (SSSR count). The van der Waals surface area contributed by atoms with Crippen LogP contribution in [0.5, 0.6) is 11.8 Å². The molecule has 0 saturated carbocycles. The summed E-state index contributed by atoms with van der Waals surface area (Å²) in [6.45, 7) is 2.45. The number of nitrogens with zero attached hydrogens (tertiary/aromatic N) is 5. The molecule has 2 aromatic carbocycles. The van der Waals surface area contributed by atoms with Crippen LogP contribution in [0.4, 0.5) is 30.6 Å². The van der Waals surface area contributed by atoms with Crippen molar-refractivity contribution in [3.8, 4) is 11.8 Å². The Kier molecular flexibility index (Phi) is 5.92. The standard InChI is InChI=1S/C24H21F3N8O/c1-14-9-21(34-33-14)31-17-5-8-19-20(10-17)35(2)22(32-19)28-11-15-3-6-18(7-4-15)36-23-29-12-16(13-30-23)24(25,26)27/h3-10,12-13H,11H2,1-2H3,(H,28,32)(H2,31,33,34). The van der Waals surface area contributed by atoms with E-state index < -0.39 is 11.7 Å². The zero-order valence-electron chi connectivity index (χ0n) is 19.3. The number of H-pyrrole nitrogens is 1. The summed E-state index contributed by atoms with van der Waals surface area (Å²) in [6.07, 6.45) is -3.12. The number of anilines is 3. The van der Waals surface area contributed by atoms with Crippen LogP contribution < -0.4 is 15.4 Å². The van der Waals surface area contributed by atoms with E-state index in [0.29, 0.717) is 30.6 Å². The summed E-state index contributed by atoms with van der Waals surface area (Å²) in [5.41, 5.74) is 3.70. The quantitative estimate of drug-likeness (QED) is 0.272. The number of alkyl halides is 3. The van der Waals surface area contributed by atoms with Crippen LogP contribution in [-0.4, -0.2) is 29.7 Å². The third kappa shape index (κ3) is 5.06. The topological polar surface area (TPSA) is 106 Å². The highest BCUT2D eigenvalue weighted by Gasteiger charge is 2.31. The van der Waals surface area contributed by atoms with E-state index in [0.717, 1.165) is 33.8 Å². The molecule has 0 aliphatic heterocycles. The van der Waals surface area contributed by atoms with Crippen molar-refractivity contribution in [1.29, 1.82) is 0 Å². The fourth-order valence-electron chi connectivity index (χ4n) is 3.53. The molecule has 0 aliphatic carbocycles. The number of fused-ring (bicyclic) bond motifs is 1. The number of nitrogens with one attached hydrogen (secondary N) is 3. The zero-order chi connectivity index (χ0) is 25.3. The highest BCUT2D eigenvalue weighted by Crippen LogP contribution is 2.29. The normalized spacial score (nSPS) is 11.6. The fraction of sp³-hybridized carbons (Fsp3) is 0.167. The molecular weight excluding hydrogens is 473 g/mol. The number of ether oxygens (including phenoxy) is 1. The van der Waals surface area contributed by atoms with E-state index in [2.05, 4.69) is 35.8 Å². The SMILES string of the molecule is Cc1cc(Nc2ccc3nc(NCc4ccc(Oc5ncc(C(F)(F)F)cn5)cc4)n(C)c3c2)n[nH]1. The van der Waals surface area contributed by atoms with Crippen molar-refractivity contribution < 1.29 is 17.9 Å². The van der Waals surface area contributed by atoms with E-state index in [1.165, 1.54) is 0 Å². The molecule has 0 aliphatic rings. The van der Waals surface area contributed by atoms with Crippen LogP contribution in [0.25, 0.3) is 11.0 Å². The second kappa shape index (κ2) is 9.21. The maximum absolute atomic E-state index is 12.6. The molecule has 0 fully saturated rings. The van der Waals surface area contributed by atoms with Crippen molar-refractivity contribution >= 4 is 28.5 Å². The number of aromatic nitrogens is 6. The summed E-state index contributed by atoms with van der Waals surface area (Å²) >= 11 is 0. The smallest absolute Gasteiger partial charge is 0.419 e. The van der Waals surface area contributed by atoms with Crippen LogP contribution >= 0.6 is 0 Å². The summed E-state index contributed by atoms with van der Waals surface area (Å²) in [5, 5.41) is 13.7. The molecule has 184 valence electrons. The molecule has 0 bridgehead atoms. The average Bonchev–Trinajstić information content (AvgIpc) is 3.40. The molecule has 0 amide bonds. The third-order valence-corrected chi connectivity index (χ3v) is 5.40. The lowest BCUT2D eigenvalue weighted by Gasteiger charge is -2.09. The van der Waals surface area contributed by atoms with Crippen molar-refractivity contribution in [2.24, 2.45) is 7.05 Å². The van der Waals surface area contributed by atoms with Crippen molar-refractivity contribution in [1.82, 2.24) is 29.7 Å². The van der Waals surface area contributed by atoms with Crippen molar-refractivity contribution in [3.05, 3.63) is 77.7 Å². The van der Waals surface area contributed by atoms with Crippen molar-refractivity contribution in [2.45, 2.75) is 19.6 Å². The lowest BCUT2D eigenvalue weighted by Crippen LogP contribution is -2.06. The first-order valence-corrected chi connectivity index (χ1v) is 10.9. The molecule has 36 heavy (non-hydrogen) atoms. The van der Waals surface area contributed by atoms with Gasteiger partial charge < -0.3 is 19.9 Å². The second-order valence-corrected chi connectivity index (χ2v) is 8.11. The van der Waals surface area contributed by atoms with Crippen LogP contribution in [0, 0.1) is 6.92 Å². The number of aryl methyl sites for hydroxylation is 2. The van der Waals surface area contributed by atoms with E-state index in [9.17, 15) is 13.2 Å². The molecule has 3 aromatic heterocycles. The maximum Gasteiger partial charge on any atom is 0.419 e. The van der Waals surface area contributed by atoms with Gasteiger partial charge in [-0.25, -0.2) is 15.0 Å². The monoisotopic (exact) mass is 494 g/mol. The minimum atomic E-state index is -4.50. The Balaban J connectivity index is 1.22. The number of rotatable bonds is 7. The first-order valence-electron chi connectivity index (χ1n) is 10.9. The van der Waals surface area contributed by atoms with Gasteiger partial charge in [-0.3, -0.25) is 5.10 Å². The Bertz CT molecular complexity index is 1490. The van der Waals surface area contributed by atoms with Crippen LogP contribution in [-0.2, 0) is 19.8 Å². The number of hydrogen-bond donors (Lipinski definition) is 3. The summed E-state index contributed by atoms with van der Waals surface area (Å²) in [7, 11) is 1.93. The number of benzene rings is 2. The number of aromatic amines is 1. The van der Waals surface area contributed by atoms with Crippen LogP contribution in [0.15, 0.2) is 60.9 Å². The average molecular weight is 494 g/mol. The summed E-state index contributed by atoms with van der Waals surface area (Å²) < 4.78 is 45.3. The molecule has 5 aromatic rings. The lowest BCUT2D eigenvalue weighted by atomic mass is 10.2. The highest BCUT2D eigenvalue weighted by atomic mass is 19.4. The lowest BCUT2D eigenvalue weighted by molar-refractivity contribution is -0.138. The third-order valence-electron chi connectivity index (χ3n) is 5.40. The Morgan fingerprint density at radius 2 is 1.78 bits per heavy atom. The first kappa shape index (κ1) is 23.1. The van der Waals surface area contributed by atoms with E-state index >= 15 is 0 Å². The molecule has 0 saturated heterocycles. The molecule has 3 heterocycles. The first-order chi connectivity index (χ1) is 17.2. The largest absolute Gasteiger partial charge is 0.424 e. The maximum atomic E-state index is 12.6. The molecule has 0 radical (unpaired) electrons. The molecule has 0 atom stereocenters. The molecule has 12 heteroatoms. The zero-order valence-corrected chi connectivity index (χ0v) is 19.3. The van der Waals surface area contributed by atoms with Gasteiger partial charge in [0.2, 0.25) is 5.95 Å². The molecule has 0 unspecified atom stereocenters. The summed E-state index contributed by atoms with van der Waals surface area (Å²) in [5.74, 6) is 1.86. The molecule has 3 N–H and O–H groups in total. The second-order valence-electron chi connectivity index (χ2n) is 8.11. The van der Waals surface area contributed by atoms with Crippen molar-refractivity contribution in [2.75, 3.05) is 10.6 Å². The van der Waals surface area contributed by atoms with Gasteiger partial charge >= 0.3 is 12.2 Å². The molecule has 0 spiro atoms. The predicted octanol–water partition coefficient (Wildman–Crippen LogP) is 5.56. The Morgan fingerprint density at radius 3 is 2.44 bits per heavy atom. The Hall–Kier alpha value is -4.61. The summed E-state index contributed by atoms with van der Waals surface area (Å²) in [6, 6.07) is 14.7. The van der Waals surface area contributed by atoms with E-state index in [1.54, 1.807) is 12.1 Å². The van der Waals surface area contributed by atoms with Gasteiger partial charge in [0.15, 0.2) is 5.82 Å². The van der Waals surface area contributed by atoms with Gasteiger partial charge in [0.1, 0.15) is 5.75 Å². The van der Waals surface area contributed by atoms with Gasteiger partial charge in [-0.2, -0.15) is 18.3 Å². The minimum Gasteiger partial charge on any atom is -0.424 e. The van der Waals surface area contributed by atoms with E-state index in [-0.39, 0.29) is 6.01 Å². The van der Waals surface area contributed by atoms with Gasteiger partial charge in [-0.05, 0) is 42.8 Å². The highest BCUT2D eigenvalue weighted by molar-refractivity contribution is 5.83. The van der Waals surface area contributed by atoms with E-state index in [4.69, 9.17) is 4.74 Å². The predicted molar refractivity (Wildman–Crippen MR) is 128 cm³/mol. The van der Waals surface area contributed by atoms with Crippen LogP contribution in [0.1, 0.15) is 16.8 Å². The Labute approximate surface area is 203 Å².